The quantitative estimate of drug-likeness (QED) is 0.711. The average molecular weight is 189 g/mol. The maximum Gasteiger partial charge on any atom is 0.299 e. The Morgan fingerprint density at radius 2 is 2.29 bits per heavy atom. The average Bonchev–Trinajstić information content (AvgIpc) is 2.51. The molecule has 72 valence electrons. The van der Waals surface area contributed by atoms with Crippen LogP contribution in [0.25, 0.3) is 0 Å². The van der Waals surface area contributed by atoms with Crippen LogP contribution in [0.3, 0.4) is 0 Å². The third-order valence-corrected chi connectivity index (χ3v) is 1.76. The summed E-state index contributed by atoms with van der Waals surface area (Å²) >= 11 is 0. The van der Waals surface area contributed by atoms with Gasteiger partial charge in [0.25, 0.3) is 6.01 Å². The smallest absolute Gasteiger partial charge is 0.299 e. The van der Waals surface area contributed by atoms with Crippen LogP contribution in [0, 0.1) is 6.92 Å². The first-order valence-corrected chi connectivity index (χ1v) is 4.29. The van der Waals surface area contributed by atoms with E-state index in [0.29, 0.717) is 11.7 Å². The van der Waals surface area contributed by atoms with Crippen LogP contribution in [-0.4, -0.2) is 4.98 Å². The highest BCUT2D eigenvalue weighted by atomic mass is 16.4. The second-order valence-corrected chi connectivity index (χ2v) is 3.04. The van der Waals surface area contributed by atoms with Crippen LogP contribution < -0.4 is 11.1 Å². The summed E-state index contributed by atoms with van der Waals surface area (Å²) < 4.78 is 5.15. The Labute approximate surface area is 81.8 Å². The molecule has 0 atom stereocenters. The van der Waals surface area contributed by atoms with Crippen LogP contribution >= 0.6 is 0 Å². The first-order chi connectivity index (χ1) is 6.74. The van der Waals surface area contributed by atoms with Gasteiger partial charge in [-0.2, -0.15) is 4.98 Å². The Hall–Kier alpha value is -1.97. The summed E-state index contributed by atoms with van der Waals surface area (Å²) in [7, 11) is 0. The Morgan fingerprint density at radius 1 is 1.43 bits per heavy atom. The van der Waals surface area contributed by atoms with Gasteiger partial charge in [-0.25, -0.2) is 0 Å². The number of benzene rings is 1. The molecule has 1 aromatic carbocycles. The minimum atomic E-state index is 0.480. The summed E-state index contributed by atoms with van der Waals surface area (Å²) in [6.07, 6.45) is 1.59. The van der Waals surface area contributed by atoms with Gasteiger partial charge in [0.1, 0.15) is 6.26 Å². The van der Waals surface area contributed by atoms with E-state index in [0.717, 1.165) is 11.4 Å². The van der Waals surface area contributed by atoms with Crippen molar-refractivity contribution in [3.8, 4) is 0 Å². The van der Waals surface area contributed by atoms with Gasteiger partial charge in [0.2, 0.25) is 0 Å². The molecule has 0 saturated carbocycles. The third-order valence-electron chi connectivity index (χ3n) is 1.76. The molecule has 2 aromatic rings. The van der Waals surface area contributed by atoms with Crippen LogP contribution in [-0.2, 0) is 0 Å². The zero-order valence-electron chi connectivity index (χ0n) is 7.82. The molecule has 4 nitrogen and oxygen atoms in total. The molecule has 0 unspecified atom stereocenters. The molecular formula is C10H11N3O. The van der Waals surface area contributed by atoms with Gasteiger partial charge in [0.15, 0.2) is 0 Å². The van der Waals surface area contributed by atoms with Crippen molar-refractivity contribution in [3.63, 3.8) is 0 Å². The maximum atomic E-state index is 5.63. The fourth-order valence-electron chi connectivity index (χ4n) is 1.15. The van der Waals surface area contributed by atoms with Crippen LogP contribution in [0.2, 0.25) is 0 Å². The molecule has 0 bridgehead atoms. The number of nitrogen functional groups attached to an aromatic ring is 1. The highest BCUT2D eigenvalue weighted by Gasteiger charge is 2.00. The zero-order valence-corrected chi connectivity index (χ0v) is 7.82. The van der Waals surface area contributed by atoms with Crippen molar-refractivity contribution in [1.29, 1.82) is 0 Å². The van der Waals surface area contributed by atoms with Gasteiger partial charge in [-0.3, -0.25) is 0 Å². The van der Waals surface area contributed by atoms with E-state index in [2.05, 4.69) is 10.3 Å². The molecule has 0 radical (unpaired) electrons. The van der Waals surface area contributed by atoms with E-state index in [1.165, 1.54) is 0 Å². The maximum absolute atomic E-state index is 5.63. The number of nitrogens with zero attached hydrogens (tertiary/aromatic N) is 1. The number of rotatable bonds is 2. The fourth-order valence-corrected chi connectivity index (χ4v) is 1.15. The van der Waals surface area contributed by atoms with Crippen LogP contribution in [0.1, 0.15) is 5.69 Å². The Kier molecular flexibility index (Phi) is 2.10. The number of hydrogen-bond acceptors (Lipinski definition) is 4. The topological polar surface area (TPSA) is 64.1 Å². The van der Waals surface area contributed by atoms with Gasteiger partial charge >= 0.3 is 0 Å². The summed E-state index contributed by atoms with van der Waals surface area (Å²) in [5, 5.41) is 3.01. The van der Waals surface area contributed by atoms with Crippen LogP contribution in [0.4, 0.5) is 17.4 Å². The van der Waals surface area contributed by atoms with Crippen molar-refractivity contribution in [3.05, 3.63) is 36.2 Å². The zero-order chi connectivity index (χ0) is 9.97. The lowest BCUT2D eigenvalue weighted by Crippen LogP contribution is -1.92. The predicted octanol–water partition coefficient (Wildman–Crippen LogP) is 2.31. The predicted molar refractivity (Wildman–Crippen MR) is 55.4 cm³/mol. The van der Waals surface area contributed by atoms with E-state index in [9.17, 15) is 0 Å². The van der Waals surface area contributed by atoms with Gasteiger partial charge in [0.05, 0.1) is 5.69 Å². The molecule has 4 heteroatoms. The molecule has 0 aliphatic carbocycles. The molecule has 0 fully saturated rings. The number of hydrogen-bond donors (Lipinski definition) is 2. The largest absolute Gasteiger partial charge is 0.432 e. The van der Waals surface area contributed by atoms with Crippen LogP contribution in [0.5, 0.6) is 0 Å². The molecule has 1 heterocycles. The van der Waals surface area contributed by atoms with Gasteiger partial charge < -0.3 is 15.5 Å². The molecule has 0 aliphatic heterocycles. The molecule has 2 rings (SSSR count). The molecule has 0 amide bonds. The molecule has 14 heavy (non-hydrogen) atoms. The second-order valence-electron chi connectivity index (χ2n) is 3.04. The van der Waals surface area contributed by atoms with Gasteiger partial charge in [0, 0.05) is 11.4 Å². The van der Waals surface area contributed by atoms with Crippen molar-refractivity contribution in [1.82, 2.24) is 4.98 Å². The minimum Gasteiger partial charge on any atom is -0.432 e. The molecule has 3 N–H and O–H groups in total. The molecular weight excluding hydrogens is 178 g/mol. The molecule has 0 aliphatic rings. The fraction of sp³-hybridized carbons (Fsp3) is 0.100. The molecule has 0 spiro atoms. The van der Waals surface area contributed by atoms with Crippen molar-refractivity contribution < 1.29 is 4.42 Å². The highest BCUT2D eigenvalue weighted by molar-refractivity contribution is 5.58. The number of oxazole rings is 1. The van der Waals surface area contributed by atoms with Gasteiger partial charge in [-0.15, -0.1) is 0 Å². The number of aryl methyl sites for hydroxylation is 1. The summed E-state index contributed by atoms with van der Waals surface area (Å²) in [6, 6.07) is 7.89. The standard InChI is InChI=1S/C10H11N3O/c1-7-6-14-10(12-7)13-9-4-2-3-8(11)5-9/h2-6H,11H2,1H3,(H,12,13). The van der Waals surface area contributed by atoms with Gasteiger partial charge in [-0.05, 0) is 25.1 Å². The first-order valence-electron chi connectivity index (χ1n) is 4.29. The van der Waals surface area contributed by atoms with Crippen molar-refractivity contribution >= 4 is 17.4 Å². The van der Waals surface area contributed by atoms with Crippen molar-refractivity contribution in [2.75, 3.05) is 11.1 Å². The highest BCUT2D eigenvalue weighted by Crippen LogP contribution is 2.17. The second kappa shape index (κ2) is 3.41. The van der Waals surface area contributed by atoms with Crippen molar-refractivity contribution in [2.24, 2.45) is 0 Å². The lowest BCUT2D eigenvalue weighted by atomic mass is 10.3. The summed E-state index contributed by atoms with van der Waals surface area (Å²) in [5.41, 5.74) is 8.04. The first kappa shape index (κ1) is 8.62. The normalized spacial score (nSPS) is 10.1. The van der Waals surface area contributed by atoms with E-state index in [1.54, 1.807) is 6.26 Å². The number of aromatic nitrogens is 1. The summed E-state index contributed by atoms with van der Waals surface area (Å²) in [4.78, 5) is 4.12. The summed E-state index contributed by atoms with van der Waals surface area (Å²) in [6.45, 7) is 1.87. The summed E-state index contributed by atoms with van der Waals surface area (Å²) in [5.74, 6) is 0. The SMILES string of the molecule is Cc1coc(Nc2cccc(N)c2)n1. The monoisotopic (exact) mass is 189 g/mol. The Bertz CT molecular complexity index is 436. The van der Waals surface area contributed by atoms with Crippen molar-refractivity contribution in [2.45, 2.75) is 6.92 Å². The lowest BCUT2D eigenvalue weighted by Gasteiger charge is -2.01. The van der Waals surface area contributed by atoms with E-state index in [-0.39, 0.29) is 0 Å². The van der Waals surface area contributed by atoms with E-state index in [1.807, 2.05) is 31.2 Å². The van der Waals surface area contributed by atoms with Crippen LogP contribution in [0.15, 0.2) is 34.9 Å². The number of nitrogens with one attached hydrogen (secondary N) is 1. The minimum absolute atomic E-state index is 0.480. The van der Waals surface area contributed by atoms with Gasteiger partial charge in [-0.1, -0.05) is 6.07 Å². The third kappa shape index (κ3) is 1.85. The van der Waals surface area contributed by atoms with E-state index < -0.39 is 0 Å². The Balaban J connectivity index is 2.18. The van der Waals surface area contributed by atoms with E-state index >= 15 is 0 Å². The molecule has 1 aromatic heterocycles. The number of anilines is 3. The molecule has 0 saturated heterocycles. The Morgan fingerprint density at radius 3 is 2.93 bits per heavy atom. The lowest BCUT2D eigenvalue weighted by molar-refractivity contribution is 0.577. The van der Waals surface area contributed by atoms with E-state index in [4.69, 9.17) is 10.2 Å². The number of nitrogens with two attached hydrogens (primary N) is 1.